The smallest absolute Gasteiger partial charge is 0.462 e. The molecule has 1 aromatic rings. The number of aliphatic hydroxyl groups is 4. The van der Waals surface area contributed by atoms with Gasteiger partial charge in [0.2, 0.25) is 0 Å². The van der Waals surface area contributed by atoms with Crippen LogP contribution in [0.2, 0.25) is 0 Å². The van der Waals surface area contributed by atoms with Crippen molar-refractivity contribution in [3.05, 3.63) is 47.1 Å². The van der Waals surface area contributed by atoms with Crippen LogP contribution in [0.15, 0.2) is 41.4 Å². The van der Waals surface area contributed by atoms with Gasteiger partial charge in [-0.2, -0.15) is 9.29 Å². The van der Waals surface area contributed by atoms with E-state index in [0.29, 0.717) is 19.3 Å². The second-order valence-corrected chi connectivity index (χ2v) is 22.2. The Balaban J connectivity index is 1.76. The normalized spacial score (nSPS) is 28.9. The maximum atomic E-state index is 14.3. The van der Waals surface area contributed by atoms with Crippen LogP contribution in [-0.4, -0.2) is 114 Å². The zero-order chi connectivity index (χ0) is 53.7. The van der Waals surface area contributed by atoms with Gasteiger partial charge in [-0.15, -0.1) is 0 Å². The number of aromatic nitrogens is 2. The predicted molar refractivity (Wildman–Crippen MR) is 271 cm³/mol. The van der Waals surface area contributed by atoms with Gasteiger partial charge in [-0.25, -0.2) is 13.9 Å². The first-order valence-corrected chi connectivity index (χ1v) is 29.4. The maximum absolute atomic E-state index is 14.3. The number of fused-ring (bicyclic) bond motifs is 3. The summed E-state index contributed by atoms with van der Waals surface area (Å²) in [4.78, 5) is 78.3. The summed E-state index contributed by atoms with van der Waals surface area (Å²) in [6, 6.07) is 1.22. The summed E-state index contributed by atoms with van der Waals surface area (Å²) < 4.78 is 58.8. The first-order valence-electron chi connectivity index (χ1n) is 26.5. The Morgan fingerprint density at radius 3 is 2.05 bits per heavy atom. The highest BCUT2D eigenvalue weighted by Gasteiger charge is 2.45. The van der Waals surface area contributed by atoms with Crippen LogP contribution < -0.4 is 11.4 Å². The number of ether oxygens (including phenoxy) is 3. The second-order valence-electron chi connectivity index (χ2n) is 19.2. The number of ketones is 1. The van der Waals surface area contributed by atoms with Crippen LogP contribution in [0.5, 0.6) is 0 Å². The molecule has 1 saturated heterocycles. The van der Waals surface area contributed by atoms with Crippen molar-refractivity contribution in [1.82, 2.24) is 9.55 Å². The van der Waals surface area contributed by atoms with Crippen LogP contribution in [0.3, 0.4) is 0 Å². The molecule has 0 amide bonds. The van der Waals surface area contributed by atoms with E-state index in [1.54, 1.807) is 12.2 Å². The van der Waals surface area contributed by atoms with Crippen LogP contribution in [0.25, 0.3) is 0 Å². The lowest BCUT2D eigenvalue weighted by atomic mass is 9.83. The largest absolute Gasteiger partial charge is 0.481 e. The number of phosphoric acid groups is 2. The number of aliphatic hydroxyl groups excluding tert-OH is 4. The Kier molecular flexibility index (Phi) is 30.9. The van der Waals surface area contributed by atoms with Crippen LogP contribution in [0.4, 0.5) is 5.82 Å². The topological polar surface area (TPSA) is 323 Å². The number of unbranched alkanes of at least 4 members (excludes halogenated alkanes) is 16. The molecule has 0 aliphatic carbocycles. The Labute approximate surface area is 430 Å². The average molecular weight is 1080 g/mol. The van der Waals surface area contributed by atoms with Gasteiger partial charge in [0.1, 0.15) is 36.6 Å². The number of nitrogen functional groups attached to an aromatic ring is 1. The molecule has 21 nitrogen and oxygen atoms in total. The minimum atomic E-state index is -5.72. The summed E-state index contributed by atoms with van der Waals surface area (Å²) in [6.07, 6.45) is 14.4. The molecule has 3 rings (SSSR count). The van der Waals surface area contributed by atoms with E-state index in [1.165, 1.54) is 82.4 Å². The Morgan fingerprint density at radius 2 is 1.44 bits per heavy atom. The van der Waals surface area contributed by atoms with Gasteiger partial charge < -0.3 is 50.2 Å². The van der Waals surface area contributed by atoms with E-state index in [9.17, 15) is 58.5 Å². The molecule has 0 spiro atoms. The van der Waals surface area contributed by atoms with Gasteiger partial charge >= 0.3 is 33.3 Å². The predicted octanol–water partition coefficient (Wildman–Crippen LogP) is 7.59. The average Bonchev–Trinajstić information content (AvgIpc) is 3.33. The standard InChI is InChI=1S/C50H85N3O18P2/c1-3-5-7-8-9-10-11-12-13-14-15-16-17-18-23-27-45(57)66-34-38-35-67-72(62,63)71-73(64,65)68-36-43-48(60)47(59)39(30-29-37(54)25-21-6-4-2)41(55)33-42(56)40(26-22-19-20-24-28-46(58)69-38)49(70-43)53-32-31-44(51)52-50(53)61/h19,22,29-32,37-41,43,47-49,54-55,59-60H,3-18,20-21,23-28,33-36H2,1-2H3,(H,62,63)(H,64,65)(H2,51,52,61)/t37-,38+,39-,40-,41+,43+,47-,48+,49+/m0/s1. The van der Waals surface area contributed by atoms with Gasteiger partial charge in [0.25, 0.3) is 0 Å². The third-order valence-electron chi connectivity index (χ3n) is 12.9. The lowest BCUT2D eigenvalue weighted by molar-refractivity contribution is -0.183. The minimum absolute atomic E-state index is 0.0795. The molecule has 3 heterocycles. The van der Waals surface area contributed by atoms with Crippen LogP contribution in [0.1, 0.15) is 181 Å². The number of hydrogen-bond acceptors (Lipinski definition) is 18. The number of nitrogens with two attached hydrogens (primary N) is 1. The van der Waals surface area contributed by atoms with E-state index in [1.807, 2.05) is 6.92 Å². The minimum Gasteiger partial charge on any atom is -0.462 e. The van der Waals surface area contributed by atoms with Gasteiger partial charge in [0, 0.05) is 31.4 Å². The van der Waals surface area contributed by atoms with E-state index in [-0.39, 0.29) is 37.9 Å². The third-order valence-corrected chi connectivity index (χ3v) is 15.5. The van der Waals surface area contributed by atoms with Crippen molar-refractivity contribution in [3.63, 3.8) is 0 Å². The zero-order valence-corrected chi connectivity index (χ0v) is 44.7. The number of nitrogens with zero attached hydrogens (tertiary/aromatic N) is 2. The van der Waals surface area contributed by atoms with Crippen LogP contribution >= 0.6 is 15.6 Å². The molecule has 0 radical (unpaired) electrons. The molecular weight excluding hydrogens is 993 g/mol. The maximum Gasteiger partial charge on any atom is 0.481 e. The summed E-state index contributed by atoms with van der Waals surface area (Å²) in [5, 5.41) is 45.5. The Bertz CT molecular complexity index is 1990. The molecular formula is C50H85N3O18P2. The number of cyclic esters (lactones) is 1. The lowest BCUT2D eigenvalue weighted by Crippen LogP contribution is -2.51. The monoisotopic (exact) mass is 1080 g/mol. The van der Waals surface area contributed by atoms with Gasteiger partial charge in [0.15, 0.2) is 6.10 Å². The fourth-order valence-corrected chi connectivity index (χ4v) is 10.8. The number of Topliss-reactive ketones (excluding diaryl/α,β-unsaturated/α-hetero) is 1. The third kappa shape index (κ3) is 26.0. The number of anilines is 1. The van der Waals surface area contributed by atoms with Gasteiger partial charge in [-0.3, -0.25) is 28.0 Å². The van der Waals surface area contributed by atoms with E-state index in [4.69, 9.17) is 29.0 Å². The molecule has 8 N–H and O–H groups in total. The SMILES string of the molecule is CCCCCCCCCCCCCCCCCC(=O)OC[C@@H]1COP(=O)(O)OP(=O)(O)OC[C@H]2O[C@@H](n3ccc(N)nc3=O)[C@@H](CC=CCCCC(=O)O1)C(=O)C[C@@H](O)[C@H](C=C[C@@H](O)CCCCC)[C@H](O)[C@@H]2O. The number of phosphoric ester groups is 2. The summed E-state index contributed by atoms with van der Waals surface area (Å²) in [6.45, 7) is 1.47. The van der Waals surface area contributed by atoms with Crippen molar-refractivity contribution < 1.29 is 81.3 Å². The Morgan fingerprint density at radius 1 is 0.849 bits per heavy atom. The molecule has 23 heteroatoms. The fourth-order valence-electron chi connectivity index (χ4n) is 8.65. The first-order chi connectivity index (χ1) is 34.9. The second kappa shape index (κ2) is 35.2. The van der Waals surface area contributed by atoms with Crippen LogP contribution in [0, 0.1) is 11.8 Å². The van der Waals surface area contributed by atoms with Crippen molar-refractivity contribution in [1.29, 1.82) is 0 Å². The highest BCUT2D eigenvalue weighted by Crippen LogP contribution is 2.60. The van der Waals surface area contributed by atoms with Crippen LogP contribution in [-0.2, 0) is 51.1 Å². The first kappa shape index (κ1) is 64.1. The molecule has 0 saturated carbocycles. The summed E-state index contributed by atoms with van der Waals surface area (Å²) in [5.74, 6) is -5.11. The molecule has 0 aromatic carbocycles. The summed E-state index contributed by atoms with van der Waals surface area (Å²) in [5.41, 5.74) is 4.72. The molecule has 11 atom stereocenters. The number of carbonyl (C=O) groups excluding carboxylic acids is 3. The molecule has 1 fully saturated rings. The number of esters is 2. The van der Waals surface area contributed by atoms with Crippen molar-refractivity contribution in [2.75, 3.05) is 25.6 Å². The lowest BCUT2D eigenvalue weighted by Gasteiger charge is -2.38. The molecule has 2 bridgehead atoms. The van der Waals surface area contributed by atoms with Crippen molar-refractivity contribution in [2.24, 2.45) is 11.8 Å². The number of allylic oxidation sites excluding steroid dienone is 2. The quantitative estimate of drug-likeness (QED) is 0.0214. The van der Waals surface area contributed by atoms with Gasteiger partial charge in [-0.05, 0) is 38.2 Å². The Hall–Kier alpha value is -3.17. The zero-order valence-electron chi connectivity index (χ0n) is 42.9. The number of carbonyl (C=O) groups is 3. The molecule has 418 valence electrons. The summed E-state index contributed by atoms with van der Waals surface area (Å²) in [7, 11) is -11.3. The summed E-state index contributed by atoms with van der Waals surface area (Å²) >= 11 is 0. The highest BCUT2D eigenvalue weighted by molar-refractivity contribution is 7.61. The molecule has 2 aliphatic rings. The van der Waals surface area contributed by atoms with E-state index in [2.05, 4.69) is 16.2 Å². The highest BCUT2D eigenvalue weighted by atomic mass is 31.3. The van der Waals surface area contributed by atoms with E-state index in [0.717, 1.165) is 49.3 Å². The number of hydrogen-bond donors (Lipinski definition) is 7. The van der Waals surface area contributed by atoms with Crippen molar-refractivity contribution in [3.8, 4) is 0 Å². The fraction of sp³-hybridized carbons (Fsp3) is 0.780. The molecule has 1 aromatic heterocycles. The van der Waals surface area contributed by atoms with Crippen molar-refractivity contribution >= 4 is 39.2 Å². The number of rotatable bonds is 25. The van der Waals surface area contributed by atoms with Crippen molar-refractivity contribution in [2.45, 2.75) is 217 Å². The molecule has 2 aliphatic heterocycles. The van der Waals surface area contributed by atoms with Gasteiger partial charge in [0.05, 0.1) is 37.4 Å². The van der Waals surface area contributed by atoms with E-state index < -0.39 is 120 Å². The van der Waals surface area contributed by atoms with Gasteiger partial charge in [-0.1, -0.05) is 147 Å². The molecule has 2 unspecified atom stereocenters. The van der Waals surface area contributed by atoms with E-state index >= 15 is 0 Å². The molecule has 73 heavy (non-hydrogen) atoms.